The van der Waals surface area contributed by atoms with Gasteiger partial charge >= 0.3 is 5.97 Å². The van der Waals surface area contributed by atoms with Gasteiger partial charge in [0.15, 0.2) is 0 Å². The van der Waals surface area contributed by atoms with Crippen molar-refractivity contribution < 1.29 is 17.9 Å². The van der Waals surface area contributed by atoms with Gasteiger partial charge in [0.25, 0.3) is 0 Å². The zero-order valence-electron chi connectivity index (χ0n) is 15.1. The van der Waals surface area contributed by atoms with Crippen LogP contribution >= 0.6 is 0 Å². The molecule has 0 fully saturated rings. The van der Waals surface area contributed by atoms with E-state index in [-0.39, 0.29) is 11.4 Å². The predicted octanol–water partition coefficient (Wildman–Crippen LogP) is 3.15. The Bertz CT molecular complexity index is 677. The number of carbonyl (C=O) groups is 1. The summed E-state index contributed by atoms with van der Waals surface area (Å²) in [5.74, 6) is -0.442. The zero-order chi connectivity index (χ0) is 18.5. The van der Waals surface area contributed by atoms with Crippen LogP contribution in [0.15, 0.2) is 41.8 Å². The summed E-state index contributed by atoms with van der Waals surface area (Å²) in [6, 6.07) is 6.13. The van der Waals surface area contributed by atoms with E-state index in [2.05, 4.69) is 6.58 Å². The van der Waals surface area contributed by atoms with E-state index in [4.69, 9.17) is 4.74 Å². The van der Waals surface area contributed by atoms with Crippen LogP contribution < -0.4 is 0 Å². The molecular formula is C18H27NO4S. The Morgan fingerprint density at radius 1 is 1.33 bits per heavy atom. The Balaban J connectivity index is 3.41. The molecule has 0 amide bonds. The molecule has 134 valence electrons. The van der Waals surface area contributed by atoms with Crippen molar-refractivity contribution >= 4 is 16.0 Å². The molecular weight excluding hydrogens is 326 g/mol. The summed E-state index contributed by atoms with van der Waals surface area (Å²) in [6.07, 6.45) is 2.00. The number of sulfonamides is 1. The third-order valence-corrected chi connectivity index (χ3v) is 6.10. The number of hydrogen-bond donors (Lipinski definition) is 0. The maximum absolute atomic E-state index is 13.1. The van der Waals surface area contributed by atoms with Gasteiger partial charge in [0.1, 0.15) is 0 Å². The lowest BCUT2D eigenvalue weighted by Gasteiger charge is -2.38. The number of ether oxygens (including phenoxy) is 1. The highest BCUT2D eigenvalue weighted by atomic mass is 32.2. The molecule has 0 radical (unpaired) electrons. The molecule has 0 aromatic heterocycles. The van der Waals surface area contributed by atoms with E-state index in [1.807, 2.05) is 13.8 Å². The van der Waals surface area contributed by atoms with Gasteiger partial charge in [-0.05, 0) is 39.3 Å². The van der Waals surface area contributed by atoms with Crippen molar-refractivity contribution in [3.05, 3.63) is 42.5 Å². The number of hydrogen-bond acceptors (Lipinski definition) is 4. The van der Waals surface area contributed by atoms with E-state index in [9.17, 15) is 13.2 Å². The highest BCUT2D eigenvalue weighted by Gasteiger charge is 2.44. The quantitative estimate of drug-likeness (QED) is 0.532. The van der Waals surface area contributed by atoms with E-state index in [0.717, 1.165) is 5.56 Å². The van der Waals surface area contributed by atoms with Crippen molar-refractivity contribution in [1.29, 1.82) is 0 Å². The van der Waals surface area contributed by atoms with Gasteiger partial charge in [0.2, 0.25) is 10.0 Å². The van der Waals surface area contributed by atoms with Crippen LogP contribution in [0.5, 0.6) is 0 Å². The average Bonchev–Trinajstić information content (AvgIpc) is 2.54. The normalized spacial score (nSPS) is 13.6. The van der Waals surface area contributed by atoms with Crippen molar-refractivity contribution in [2.75, 3.05) is 13.7 Å². The van der Waals surface area contributed by atoms with Crippen LogP contribution in [0.4, 0.5) is 0 Å². The van der Waals surface area contributed by atoms with Crippen LogP contribution in [0.1, 0.15) is 32.8 Å². The van der Waals surface area contributed by atoms with Gasteiger partial charge in [-0.3, -0.25) is 4.79 Å². The third kappa shape index (κ3) is 4.05. The van der Waals surface area contributed by atoms with Gasteiger partial charge in [-0.15, -0.1) is 6.58 Å². The minimum absolute atomic E-state index is 0.120. The highest BCUT2D eigenvalue weighted by molar-refractivity contribution is 7.89. The SMILES string of the molecule is C=CCN(C(CC)C(C)(C)C(=O)OC)S(=O)(=O)c1ccc(C)cc1. The molecule has 0 bridgehead atoms. The van der Waals surface area contributed by atoms with Gasteiger partial charge < -0.3 is 4.74 Å². The van der Waals surface area contributed by atoms with E-state index in [1.165, 1.54) is 17.5 Å². The van der Waals surface area contributed by atoms with Gasteiger partial charge in [-0.2, -0.15) is 4.31 Å². The predicted molar refractivity (Wildman–Crippen MR) is 95.1 cm³/mol. The number of benzene rings is 1. The molecule has 0 aliphatic carbocycles. The number of rotatable bonds is 8. The summed E-state index contributed by atoms with van der Waals surface area (Å²) in [6.45, 7) is 10.9. The Hall–Kier alpha value is -1.66. The standard InChI is InChI=1S/C18H27NO4S/c1-7-13-19(16(8-2)18(4,5)17(20)23-6)24(21,22)15-11-9-14(3)10-12-15/h7,9-12,16H,1,8,13H2,2-6H3. The highest BCUT2D eigenvalue weighted by Crippen LogP contribution is 2.33. The lowest BCUT2D eigenvalue weighted by atomic mass is 9.83. The smallest absolute Gasteiger partial charge is 0.312 e. The molecule has 1 unspecified atom stereocenters. The molecule has 6 heteroatoms. The molecule has 0 saturated carbocycles. The first-order valence-electron chi connectivity index (χ1n) is 7.90. The van der Waals surface area contributed by atoms with Crippen LogP contribution in [-0.2, 0) is 19.6 Å². The molecule has 1 aromatic carbocycles. The van der Waals surface area contributed by atoms with E-state index in [0.29, 0.717) is 6.42 Å². The van der Waals surface area contributed by atoms with E-state index >= 15 is 0 Å². The minimum atomic E-state index is -3.76. The second-order valence-electron chi connectivity index (χ2n) is 6.31. The summed E-state index contributed by atoms with van der Waals surface area (Å²) in [5.41, 5.74) is -0.00395. The van der Waals surface area contributed by atoms with Crippen LogP contribution in [-0.4, -0.2) is 38.4 Å². The first-order valence-corrected chi connectivity index (χ1v) is 9.34. The van der Waals surface area contributed by atoms with Gasteiger partial charge in [-0.1, -0.05) is 30.7 Å². The van der Waals surface area contributed by atoms with Crippen molar-refractivity contribution in [3.8, 4) is 0 Å². The second-order valence-corrected chi connectivity index (χ2v) is 8.20. The van der Waals surface area contributed by atoms with Gasteiger partial charge in [0, 0.05) is 12.6 Å². The first-order chi connectivity index (χ1) is 11.1. The summed E-state index contributed by atoms with van der Waals surface area (Å²) < 4.78 is 32.4. The lowest BCUT2D eigenvalue weighted by Crippen LogP contribution is -2.51. The fraction of sp³-hybridized carbons (Fsp3) is 0.500. The molecule has 0 N–H and O–H groups in total. The van der Waals surface area contributed by atoms with E-state index in [1.54, 1.807) is 38.1 Å². The molecule has 0 aliphatic heterocycles. The van der Waals surface area contributed by atoms with Crippen LogP contribution in [0.25, 0.3) is 0 Å². The summed E-state index contributed by atoms with van der Waals surface area (Å²) in [7, 11) is -2.45. The van der Waals surface area contributed by atoms with E-state index < -0.39 is 27.4 Å². The zero-order valence-corrected chi connectivity index (χ0v) is 15.9. The topological polar surface area (TPSA) is 63.7 Å². The maximum Gasteiger partial charge on any atom is 0.312 e. The number of esters is 1. The minimum Gasteiger partial charge on any atom is -0.469 e. The Morgan fingerprint density at radius 3 is 2.29 bits per heavy atom. The van der Waals surface area contributed by atoms with Crippen molar-refractivity contribution in [3.63, 3.8) is 0 Å². The first kappa shape index (κ1) is 20.4. The lowest BCUT2D eigenvalue weighted by molar-refractivity contribution is -0.153. The third-order valence-electron chi connectivity index (χ3n) is 4.22. The molecule has 1 atom stereocenters. The summed E-state index contributed by atoms with van der Waals surface area (Å²) >= 11 is 0. The fourth-order valence-electron chi connectivity index (χ4n) is 2.84. The molecule has 0 aliphatic rings. The van der Waals surface area contributed by atoms with Crippen LogP contribution in [0.2, 0.25) is 0 Å². The number of nitrogens with zero attached hydrogens (tertiary/aromatic N) is 1. The molecule has 24 heavy (non-hydrogen) atoms. The molecule has 0 spiro atoms. The Morgan fingerprint density at radius 2 is 1.88 bits per heavy atom. The second kappa shape index (κ2) is 7.94. The molecule has 1 aromatic rings. The van der Waals surface area contributed by atoms with Crippen LogP contribution in [0.3, 0.4) is 0 Å². The van der Waals surface area contributed by atoms with Crippen molar-refractivity contribution in [1.82, 2.24) is 4.31 Å². The Kier molecular flexibility index (Phi) is 6.75. The maximum atomic E-state index is 13.1. The largest absolute Gasteiger partial charge is 0.469 e. The summed E-state index contributed by atoms with van der Waals surface area (Å²) in [4.78, 5) is 12.4. The van der Waals surface area contributed by atoms with Crippen molar-refractivity contribution in [2.24, 2.45) is 5.41 Å². The van der Waals surface area contributed by atoms with Gasteiger partial charge in [0.05, 0.1) is 17.4 Å². The number of carbonyl (C=O) groups excluding carboxylic acids is 1. The van der Waals surface area contributed by atoms with Crippen LogP contribution in [0, 0.1) is 12.3 Å². The average molecular weight is 353 g/mol. The van der Waals surface area contributed by atoms with Gasteiger partial charge in [-0.25, -0.2) is 8.42 Å². The monoisotopic (exact) mass is 353 g/mol. The summed E-state index contributed by atoms with van der Waals surface area (Å²) in [5, 5.41) is 0. The fourth-order valence-corrected chi connectivity index (χ4v) is 4.64. The molecule has 0 saturated heterocycles. The molecule has 1 rings (SSSR count). The molecule has 5 nitrogen and oxygen atoms in total. The Labute approximate surface area is 145 Å². The number of aryl methyl sites for hydroxylation is 1. The molecule has 0 heterocycles. The number of methoxy groups -OCH3 is 1. The van der Waals surface area contributed by atoms with Crippen molar-refractivity contribution in [2.45, 2.75) is 45.1 Å².